The van der Waals surface area contributed by atoms with Gasteiger partial charge >= 0.3 is 12.5 Å². The van der Waals surface area contributed by atoms with E-state index >= 15 is 0 Å². The summed E-state index contributed by atoms with van der Waals surface area (Å²) in [5, 5.41) is 13.9. The lowest BCUT2D eigenvalue weighted by Crippen LogP contribution is -2.33. The Kier molecular flexibility index (Phi) is 5.13. The molecule has 0 amide bonds. The maximum absolute atomic E-state index is 12.8. The van der Waals surface area contributed by atoms with Gasteiger partial charge in [0.15, 0.2) is 0 Å². The second kappa shape index (κ2) is 6.91. The van der Waals surface area contributed by atoms with Gasteiger partial charge in [0.2, 0.25) is 0 Å². The molecule has 0 heterocycles. The minimum atomic E-state index is -4.61. The molecule has 0 aliphatic heterocycles. The van der Waals surface area contributed by atoms with Gasteiger partial charge < -0.3 is 10.1 Å². The van der Waals surface area contributed by atoms with E-state index in [-0.39, 0.29) is 22.1 Å². The van der Waals surface area contributed by atoms with Gasteiger partial charge in [-0.05, 0) is 36.4 Å². The summed E-state index contributed by atoms with van der Waals surface area (Å²) in [6.45, 7) is 0. The lowest BCUT2D eigenvalue weighted by atomic mass is 10.2. The molecule has 0 aromatic heterocycles. The van der Waals surface area contributed by atoms with Gasteiger partial charge in [-0.1, -0.05) is 11.6 Å². The molecule has 128 valence electrons. The lowest BCUT2D eigenvalue weighted by molar-refractivity contribution is -0.383. The van der Waals surface area contributed by atoms with Crippen LogP contribution < -0.4 is 10.1 Å². The highest BCUT2D eigenvalue weighted by atomic mass is 35.5. The SMILES string of the molecule is O=[N+]([O-])c1ccc(Cl)cc1Nc1ccc(OC(F)(F)C(F)F)cc1. The van der Waals surface area contributed by atoms with Crippen LogP contribution in [-0.4, -0.2) is 17.5 Å². The summed E-state index contributed by atoms with van der Waals surface area (Å²) in [7, 11) is 0. The van der Waals surface area contributed by atoms with E-state index in [1.165, 1.54) is 30.3 Å². The molecular formula is C14H9ClF4N2O3. The minimum absolute atomic E-state index is 0.0825. The van der Waals surface area contributed by atoms with Crippen LogP contribution in [0, 0.1) is 10.1 Å². The second-order valence-corrected chi connectivity index (χ2v) is 4.97. The standard InChI is InChI=1S/C14H9ClF4N2O3/c15-8-1-6-12(21(22)23)11(7-8)20-9-2-4-10(5-3-9)24-14(18,19)13(16)17/h1-7,13,20H. The predicted molar refractivity (Wildman–Crippen MR) is 79.4 cm³/mol. The Morgan fingerprint density at radius 3 is 2.33 bits per heavy atom. The highest BCUT2D eigenvalue weighted by Gasteiger charge is 2.43. The Balaban J connectivity index is 2.18. The Labute approximate surface area is 138 Å². The number of hydrogen-bond acceptors (Lipinski definition) is 4. The quantitative estimate of drug-likeness (QED) is 0.433. The number of nitro benzene ring substituents is 1. The average molecular weight is 365 g/mol. The van der Waals surface area contributed by atoms with Gasteiger partial charge in [-0.2, -0.15) is 17.6 Å². The van der Waals surface area contributed by atoms with Gasteiger partial charge in [0, 0.05) is 16.8 Å². The zero-order valence-electron chi connectivity index (χ0n) is 11.7. The molecule has 0 unspecified atom stereocenters. The first kappa shape index (κ1) is 17.8. The number of halogens is 5. The topological polar surface area (TPSA) is 64.4 Å². The molecule has 0 fully saturated rings. The molecule has 0 radical (unpaired) electrons. The van der Waals surface area contributed by atoms with E-state index in [9.17, 15) is 27.7 Å². The summed E-state index contributed by atoms with van der Waals surface area (Å²) >= 11 is 5.78. The first-order valence-corrected chi connectivity index (χ1v) is 6.73. The maximum atomic E-state index is 12.8. The number of nitrogens with zero attached hydrogens (tertiary/aromatic N) is 1. The zero-order valence-corrected chi connectivity index (χ0v) is 12.4. The molecule has 0 spiro atoms. The van der Waals surface area contributed by atoms with E-state index in [0.717, 1.165) is 12.1 Å². The fourth-order valence-electron chi connectivity index (χ4n) is 1.73. The van der Waals surface area contributed by atoms with Crippen LogP contribution in [0.5, 0.6) is 5.75 Å². The molecular weight excluding hydrogens is 356 g/mol. The zero-order chi connectivity index (χ0) is 17.9. The Hall–Kier alpha value is -2.55. The minimum Gasteiger partial charge on any atom is -0.428 e. The van der Waals surface area contributed by atoms with Crippen LogP contribution in [0.3, 0.4) is 0 Å². The van der Waals surface area contributed by atoms with Gasteiger partial charge in [-0.3, -0.25) is 10.1 Å². The molecule has 10 heteroatoms. The molecule has 5 nitrogen and oxygen atoms in total. The van der Waals surface area contributed by atoms with Crippen molar-refractivity contribution in [1.29, 1.82) is 0 Å². The second-order valence-electron chi connectivity index (χ2n) is 4.53. The first-order chi connectivity index (χ1) is 11.2. The molecule has 0 bridgehead atoms. The fourth-order valence-corrected chi connectivity index (χ4v) is 1.90. The number of anilines is 2. The van der Waals surface area contributed by atoms with Crippen molar-refractivity contribution in [1.82, 2.24) is 0 Å². The van der Waals surface area contributed by atoms with E-state index < -0.39 is 23.2 Å². The van der Waals surface area contributed by atoms with E-state index in [1.807, 2.05) is 0 Å². The third-order valence-electron chi connectivity index (χ3n) is 2.80. The number of benzene rings is 2. The lowest BCUT2D eigenvalue weighted by Gasteiger charge is -2.17. The molecule has 24 heavy (non-hydrogen) atoms. The first-order valence-electron chi connectivity index (χ1n) is 6.35. The third kappa shape index (κ3) is 4.25. The van der Waals surface area contributed by atoms with Crippen molar-refractivity contribution >= 4 is 28.7 Å². The molecule has 0 aliphatic rings. The number of ether oxygens (including phenoxy) is 1. The van der Waals surface area contributed by atoms with E-state index in [1.54, 1.807) is 0 Å². The van der Waals surface area contributed by atoms with Crippen LogP contribution in [0.4, 0.5) is 34.6 Å². The normalized spacial score (nSPS) is 11.4. The maximum Gasteiger partial charge on any atom is 0.461 e. The summed E-state index contributed by atoms with van der Waals surface area (Å²) in [5.41, 5.74) is 0.121. The van der Waals surface area contributed by atoms with Gasteiger partial charge in [0.05, 0.1) is 4.92 Å². The van der Waals surface area contributed by atoms with Crippen LogP contribution >= 0.6 is 11.6 Å². The van der Waals surface area contributed by atoms with E-state index in [2.05, 4.69) is 10.1 Å². The average Bonchev–Trinajstić information content (AvgIpc) is 2.48. The smallest absolute Gasteiger partial charge is 0.428 e. The van der Waals surface area contributed by atoms with Crippen molar-refractivity contribution in [2.45, 2.75) is 12.5 Å². The summed E-state index contributed by atoms with van der Waals surface area (Å²) in [4.78, 5) is 10.3. The largest absolute Gasteiger partial charge is 0.461 e. The van der Waals surface area contributed by atoms with Crippen molar-refractivity contribution in [3.63, 3.8) is 0 Å². The highest BCUT2D eigenvalue weighted by Crippen LogP contribution is 2.32. The van der Waals surface area contributed by atoms with Crippen LogP contribution in [0.1, 0.15) is 0 Å². The van der Waals surface area contributed by atoms with Crippen molar-refractivity contribution in [2.75, 3.05) is 5.32 Å². The van der Waals surface area contributed by atoms with Crippen molar-refractivity contribution < 1.29 is 27.2 Å². The molecule has 2 aromatic carbocycles. The van der Waals surface area contributed by atoms with Gasteiger partial charge in [-0.25, -0.2) is 0 Å². The predicted octanol–water partition coefficient (Wildman–Crippen LogP) is 5.23. The molecule has 2 rings (SSSR count). The van der Waals surface area contributed by atoms with Gasteiger partial charge in [0.1, 0.15) is 11.4 Å². The van der Waals surface area contributed by atoms with Crippen molar-refractivity contribution in [3.05, 3.63) is 57.6 Å². The van der Waals surface area contributed by atoms with Gasteiger partial charge in [-0.15, -0.1) is 0 Å². The molecule has 0 saturated carbocycles. The summed E-state index contributed by atoms with van der Waals surface area (Å²) in [6, 6.07) is 8.38. The molecule has 0 aliphatic carbocycles. The molecule has 0 atom stereocenters. The number of rotatable bonds is 6. The number of nitrogens with one attached hydrogen (secondary N) is 1. The summed E-state index contributed by atoms with van der Waals surface area (Å²) in [6.07, 6.45) is -8.58. The van der Waals surface area contributed by atoms with Crippen LogP contribution in [0.2, 0.25) is 5.02 Å². The Morgan fingerprint density at radius 1 is 1.17 bits per heavy atom. The van der Waals surface area contributed by atoms with E-state index in [0.29, 0.717) is 0 Å². The third-order valence-corrected chi connectivity index (χ3v) is 3.03. The summed E-state index contributed by atoms with van der Waals surface area (Å²) < 4.78 is 53.6. The molecule has 1 N–H and O–H groups in total. The van der Waals surface area contributed by atoms with Crippen molar-refractivity contribution in [3.8, 4) is 5.75 Å². The van der Waals surface area contributed by atoms with Crippen LogP contribution in [-0.2, 0) is 0 Å². The Bertz CT molecular complexity index is 741. The molecule has 0 saturated heterocycles. The number of alkyl halides is 4. The van der Waals surface area contributed by atoms with Crippen LogP contribution in [0.25, 0.3) is 0 Å². The highest BCUT2D eigenvalue weighted by molar-refractivity contribution is 6.31. The molecule has 2 aromatic rings. The monoisotopic (exact) mass is 364 g/mol. The number of nitro groups is 1. The number of hydrogen-bond donors (Lipinski definition) is 1. The van der Waals surface area contributed by atoms with E-state index in [4.69, 9.17) is 11.6 Å². The Morgan fingerprint density at radius 2 is 1.79 bits per heavy atom. The van der Waals surface area contributed by atoms with Crippen molar-refractivity contribution in [2.24, 2.45) is 0 Å². The fraction of sp³-hybridized carbons (Fsp3) is 0.143. The van der Waals surface area contributed by atoms with Crippen LogP contribution in [0.15, 0.2) is 42.5 Å². The summed E-state index contributed by atoms with van der Waals surface area (Å²) in [5.74, 6) is -0.480. The van der Waals surface area contributed by atoms with Gasteiger partial charge in [0.25, 0.3) is 5.69 Å².